The van der Waals surface area contributed by atoms with Crippen LogP contribution in [0.5, 0.6) is 0 Å². The first kappa shape index (κ1) is 14.9. The van der Waals surface area contributed by atoms with Crippen LogP contribution in [0.4, 0.5) is 11.5 Å². The van der Waals surface area contributed by atoms with Gasteiger partial charge in [0.25, 0.3) is 0 Å². The van der Waals surface area contributed by atoms with E-state index >= 15 is 0 Å². The van der Waals surface area contributed by atoms with Crippen LogP contribution in [0.3, 0.4) is 0 Å². The minimum absolute atomic E-state index is 0.723. The summed E-state index contributed by atoms with van der Waals surface area (Å²) in [5.74, 6) is 1.52. The van der Waals surface area contributed by atoms with Crippen molar-refractivity contribution in [2.45, 2.75) is 10.9 Å². The van der Waals surface area contributed by atoms with E-state index in [1.54, 1.807) is 18.0 Å². The molecule has 0 aliphatic carbocycles. The lowest BCUT2D eigenvalue weighted by Gasteiger charge is -2.07. The van der Waals surface area contributed by atoms with Crippen LogP contribution in [0, 0.1) is 0 Å². The molecule has 0 saturated heterocycles. The van der Waals surface area contributed by atoms with Crippen LogP contribution in [0.15, 0.2) is 72.0 Å². The zero-order valence-electron chi connectivity index (χ0n) is 11.7. The van der Waals surface area contributed by atoms with E-state index < -0.39 is 0 Å². The Bertz CT molecular complexity index is 750. The number of hydrogen-bond acceptors (Lipinski definition) is 4. The van der Waals surface area contributed by atoms with Crippen molar-refractivity contribution in [2.75, 3.05) is 5.32 Å². The number of nitrogens with zero attached hydrogens (tertiary/aromatic N) is 2. The first-order valence-electron chi connectivity index (χ1n) is 6.82. The number of halogens is 1. The highest BCUT2D eigenvalue weighted by molar-refractivity contribution is 7.98. The molecule has 22 heavy (non-hydrogen) atoms. The minimum atomic E-state index is 0.723. The van der Waals surface area contributed by atoms with E-state index in [9.17, 15) is 0 Å². The summed E-state index contributed by atoms with van der Waals surface area (Å²) in [7, 11) is 0. The molecule has 0 saturated carbocycles. The van der Waals surface area contributed by atoms with E-state index in [-0.39, 0.29) is 0 Å². The number of aromatic nitrogens is 2. The molecule has 0 fully saturated rings. The SMILES string of the molecule is Clc1ccccc1CSc1nccc(Nc2ccccc2)n1. The third-order valence-corrected chi connectivity index (χ3v) is 4.27. The lowest BCUT2D eigenvalue weighted by molar-refractivity contribution is 0.971. The second-order valence-corrected chi connectivity index (χ2v) is 5.95. The highest BCUT2D eigenvalue weighted by Crippen LogP contribution is 2.25. The van der Waals surface area contributed by atoms with Gasteiger partial charge in [-0.1, -0.05) is 59.8 Å². The number of rotatable bonds is 5. The molecule has 1 N–H and O–H groups in total. The van der Waals surface area contributed by atoms with E-state index in [0.717, 1.165) is 33.0 Å². The molecule has 0 bridgehead atoms. The number of para-hydroxylation sites is 1. The first-order valence-corrected chi connectivity index (χ1v) is 8.19. The van der Waals surface area contributed by atoms with Gasteiger partial charge in [0, 0.05) is 22.7 Å². The van der Waals surface area contributed by atoms with Gasteiger partial charge in [-0.25, -0.2) is 9.97 Å². The zero-order valence-corrected chi connectivity index (χ0v) is 13.3. The minimum Gasteiger partial charge on any atom is -0.340 e. The van der Waals surface area contributed by atoms with Gasteiger partial charge < -0.3 is 5.32 Å². The molecule has 0 spiro atoms. The van der Waals surface area contributed by atoms with Gasteiger partial charge in [-0.2, -0.15) is 0 Å². The van der Waals surface area contributed by atoms with Crippen LogP contribution in [0.1, 0.15) is 5.56 Å². The predicted octanol–water partition coefficient (Wildman–Crippen LogP) is 5.17. The topological polar surface area (TPSA) is 37.8 Å². The maximum absolute atomic E-state index is 6.16. The Kier molecular flexibility index (Phi) is 4.93. The van der Waals surface area contributed by atoms with E-state index in [4.69, 9.17) is 11.6 Å². The first-order chi connectivity index (χ1) is 10.8. The number of anilines is 2. The van der Waals surface area contributed by atoms with Gasteiger partial charge in [0.15, 0.2) is 5.16 Å². The van der Waals surface area contributed by atoms with E-state index in [2.05, 4.69) is 15.3 Å². The molecule has 0 aliphatic heterocycles. The Morgan fingerprint density at radius 1 is 0.955 bits per heavy atom. The average molecular weight is 328 g/mol. The summed E-state index contributed by atoms with van der Waals surface area (Å²) in [4.78, 5) is 8.80. The Morgan fingerprint density at radius 3 is 2.55 bits per heavy atom. The smallest absolute Gasteiger partial charge is 0.189 e. The van der Waals surface area contributed by atoms with E-state index in [0.29, 0.717) is 0 Å². The van der Waals surface area contributed by atoms with Crippen molar-refractivity contribution in [1.29, 1.82) is 0 Å². The molecule has 1 heterocycles. The van der Waals surface area contributed by atoms with Crippen molar-refractivity contribution in [3.8, 4) is 0 Å². The van der Waals surface area contributed by atoms with Gasteiger partial charge in [-0.15, -0.1) is 0 Å². The fraction of sp³-hybridized carbons (Fsp3) is 0.0588. The molecule has 0 radical (unpaired) electrons. The molecule has 3 nitrogen and oxygen atoms in total. The molecular weight excluding hydrogens is 314 g/mol. The Balaban J connectivity index is 1.68. The fourth-order valence-electron chi connectivity index (χ4n) is 1.91. The summed E-state index contributed by atoms with van der Waals surface area (Å²) in [6, 6.07) is 19.6. The van der Waals surface area contributed by atoms with Crippen molar-refractivity contribution in [3.05, 3.63) is 77.4 Å². The highest BCUT2D eigenvalue weighted by Gasteiger charge is 2.04. The van der Waals surface area contributed by atoms with Gasteiger partial charge in [0.2, 0.25) is 0 Å². The van der Waals surface area contributed by atoms with Crippen molar-refractivity contribution in [1.82, 2.24) is 9.97 Å². The van der Waals surface area contributed by atoms with Crippen molar-refractivity contribution >= 4 is 34.9 Å². The standard InChI is InChI=1S/C17H14ClN3S/c18-15-9-5-4-6-13(15)12-22-17-19-11-10-16(21-17)20-14-7-2-1-3-8-14/h1-11H,12H2,(H,19,20,21). The molecule has 0 atom stereocenters. The second-order valence-electron chi connectivity index (χ2n) is 4.60. The monoisotopic (exact) mass is 327 g/mol. The van der Waals surface area contributed by atoms with Crippen LogP contribution in [0.2, 0.25) is 5.02 Å². The molecule has 2 aromatic carbocycles. The van der Waals surface area contributed by atoms with Gasteiger partial charge >= 0.3 is 0 Å². The lowest BCUT2D eigenvalue weighted by Crippen LogP contribution is -1.96. The van der Waals surface area contributed by atoms with Crippen LogP contribution in [0.25, 0.3) is 0 Å². The largest absolute Gasteiger partial charge is 0.340 e. The Morgan fingerprint density at radius 2 is 1.73 bits per heavy atom. The maximum Gasteiger partial charge on any atom is 0.189 e. The molecular formula is C17H14ClN3S. The normalized spacial score (nSPS) is 10.4. The van der Waals surface area contributed by atoms with Gasteiger partial charge in [0.1, 0.15) is 5.82 Å². The molecule has 3 aromatic rings. The average Bonchev–Trinajstić information content (AvgIpc) is 2.55. The summed E-state index contributed by atoms with van der Waals surface area (Å²) >= 11 is 7.73. The fourth-order valence-corrected chi connectivity index (χ4v) is 3.02. The summed E-state index contributed by atoms with van der Waals surface area (Å²) in [6.45, 7) is 0. The quantitative estimate of drug-likeness (QED) is 0.518. The van der Waals surface area contributed by atoms with Crippen LogP contribution in [-0.2, 0) is 5.75 Å². The van der Waals surface area contributed by atoms with Gasteiger partial charge in [-0.05, 0) is 29.8 Å². The maximum atomic E-state index is 6.16. The molecule has 1 aromatic heterocycles. The molecule has 0 unspecified atom stereocenters. The lowest BCUT2D eigenvalue weighted by atomic mass is 10.2. The zero-order chi connectivity index (χ0) is 15.2. The Hall–Kier alpha value is -2.04. The number of thioether (sulfide) groups is 1. The van der Waals surface area contributed by atoms with Gasteiger partial charge in [0.05, 0.1) is 0 Å². The second kappa shape index (κ2) is 7.29. The summed E-state index contributed by atoms with van der Waals surface area (Å²) in [5.41, 5.74) is 2.09. The number of nitrogens with one attached hydrogen (secondary N) is 1. The van der Waals surface area contributed by atoms with E-state index in [1.165, 1.54) is 0 Å². The third-order valence-electron chi connectivity index (χ3n) is 2.99. The van der Waals surface area contributed by atoms with Crippen molar-refractivity contribution in [3.63, 3.8) is 0 Å². The summed E-state index contributed by atoms with van der Waals surface area (Å²) in [6.07, 6.45) is 1.76. The van der Waals surface area contributed by atoms with Crippen molar-refractivity contribution < 1.29 is 0 Å². The number of benzene rings is 2. The molecule has 0 aliphatic rings. The molecule has 0 amide bonds. The van der Waals surface area contributed by atoms with Gasteiger partial charge in [-0.3, -0.25) is 0 Å². The van der Waals surface area contributed by atoms with Crippen LogP contribution < -0.4 is 5.32 Å². The Labute approximate surface area is 138 Å². The predicted molar refractivity (Wildman–Crippen MR) is 92.8 cm³/mol. The molecule has 5 heteroatoms. The number of hydrogen-bond donors (Lipinski definition) is 1. The third kappa shape index (κ3) is 4.00. The van der Waals surface area contributed by atoms with Crippen LogP contribution in [-0.4, -0.2) is 9.97 Å². The van der Waals surface area contributed by atoms with Crippen molar-refractivity contribution in [2.24, 2.45) is 0 Å². The summed E-state index contributed by atoms with van der Waals surface area (Å²) in [5, 5.41) is 4.76. The molecule has 110 valence electrons. The van der Waals surface area contributed by atoms with Crippen LogP contribution >= 0.6 is 23.4 Å². The summed E-state index contributed by atoms with van der Waals surface area (Å²) < 4.78 is 0. The highest BCUT2D eigenvalue weighted by atomic mass is 35.5. The molecule has 3 rings (SSSR count). The van der Waals surface area contributed by atoms with E-state index in [1.807, 2.05) is 60.7 Å².